The summed E-state index contributed by atoms with van der Waals surface area (Å²) in [7, 11) is 0. The number of nitrogens with zero attached hydrogens (tertiary/aromatic N) is 2. The summed E-state index contributed by atoms with van der Waals surface area (Å²) in [5.41, 5.74) is 1.57. The number of anilines is 2. The molecule has 2 aromatic rings. The first-order valence-corrected chi connectivity index (χ1v) is 8.07. The van der Waals surface area contributed by atoms with E-state index >= 15 is 0 Å². The Morgan fingerprint density at radius 2 is 2.25 bits per heavy atom. The van der Waals surface area contributed by atoms with Crippen molar-refractivity contribution in [2.75, 3.05) is 37.0 Å². The number of hydrogen-bond acceptors (Lipinski definition) is 6. The van der Waals surface area contributed by atoms with E-state index in [0.29, 0.717) is 37.2 Å². The van der Waals surface area contributed by atoms with Crippen LogP contribution in [0.1, 0.15) is 0 Å². The van der Waals surface area contributed by atoms with E-state index in [2.05, 4.69) is 27.2 Å². The number of nitrogens with one attached hydrogen (secondary N) is 2. The molecular weight excluding hydrogens is 328 g/mol. The average Bonchev–Trinajstić information content (AvgIpc) is 2.63. The monoisotopic (exact) mass is 346 g/mol. The molecular formula is C17H19ClN4O2. The fourth-order valence-electron chi connectivity index (χ4n) is 2.37. The van der Waals surface area contributed by atoms with Gasteiger partial charge < -0.3 is 20.1 Å². The SMILES string of the molecule is C=CNc1cc(-c2cccc(NCC3COCCO3)n2)c(Cl)cn1. The minimum Gasteiger partial charge on any atom is -0.376 e. The highest BCUT2D eigenvalue weighted by atomic mass is 35.5. The maximum Gasteiger partial charge on any atom is 0.130 e. The van der Waals surface area contributed by atoms with Crippen LogP contribution in [0.3, 0.4) is 0 Å². The molecule has 1 saturated heterocycles. The van der Waals surface area contributed by atoms with E-state index in [1.807, 2.05) is 24.3 Å². The summed E-state index contributed by atoms with van der Waals surface area (Å²) >= 11 is 6.27. The van der Waals surface area contributed by atoms with Crippen molar-refractivity contribution >= 4 is 23.2 Å². The van der Waals surface area contributed by atoms with E-state index in [0.717, 1.165) is 17.1 Å². The molecule has 0 aromatic carbocycles. The summed E-state index contributed by atoms with van der Waals surface area (Å²) in [6, 6.07) is 7.59. The lowest BCUT2D eigenvalue weighted by atomic mass is 10.1. The van der Waals surface area contributed by atoms with Gasteiger partial charge >= 0.3 is 0 Å². The second-order valence-electron chi connectivity index (χ2n) is 5.25. The summed E-state index contributed by atoms with van der Waals surface area (Å²) in [5.74, 6) is 1.42. The smallest absolute Gasteiger partial charge is 0.130 e. The van der Waals surface area contributed by atoms with Gasteiger partial charge in [0.15, 0.2) is 0 Å². The van der Waals surface area contributed by atoms with Crippen LogP contribution in [0.5, 0.6) is 0 Å². The molecule has 0 aliphatic carbocycles. The molecule has 1 unspecified atom stereocenters. The van der Waals surface area contributed by atoms with Gasteiger partial charge in [0.1, 0.15) is 11.6 Å². The van der Waals surface area contributed by atoms with Gasteiger partial charge in [0.2, 0.25) is 0 Å². The predicted molar refractivity (Wildman–Crippen MR) is 95.3 cm³/mol. The summed E-state index contributed by atoms with van der Waals surface area (Å²) in [4.78, 5) is 8.80. The van der Waals surface area contributed by atoms with Crippen molar-refractivity contribution in [2.45, 2.75) is 6.10 Å². The van der Waals surface area contributed by atoms with Gasteiger partial charge in [-0.3, -0.25) is 0 Å². The molecule has 1 aliphatic rings. The number of halogens is 1. The van der Waals surface area contributed by atoms with Crippen molar-refractivity contribution in [3.63, 3.8) is 0 Å². The van der Waals surface area contributed by atoms with E-state index in [1.165, 1.54) is 0 Å². The summed E-state index contributed by atoms with van der Waals surface area (Å²) in [6.45, 7) is 6.16. The van der Waals surface area contributed by atoms with Crippen LogP contribution in [0.15, 0.2) is 43.2 Å². The molecule has 126 valence electrons. The molecule has 0 radical (unpaired) electrons. The number of pyridine rings is 2. The molecule has 0 saturated carbocycles. The third kappa shape index (κ3) is 4.23. The Labute approximate surface area is 145 Å². The van der Waals surface area contributed by atoms with E-state index in [1.54, 1.807) is 12.4 Å². The highest BCUT2D eigenvalue weighted by Gasteiger charge is 2.14. The fourth-order valence-corrected chi connectivity index (χ4v) is 2.57. The van der Waals surface area contributed by atoms with Crippen molar-refractivity contribution < 1.29 is 9.47 Å². The third-order valence-electron chi connectivity index (χ3n) is 3.53. The molecule has 6 nitrogen and oxygen atoms in total. The quantitative estimate of drug-likeness (QED) is 0.837. The lowest BCUT2D eigenvalue weighted by Crippen LogP contribution is -2.34. The zero-order valence-corrected chi connectivity index (χ0v) is 13.9. The van der Waals surface area contributed by atoms with Crippen LogP contribution in [0.2, 0.25) is 5.02 Å². The zero-order valence-electron chi connectivity index (χ0n) is 13.2. The van der Waals surface area contributed by atoms with Gasteiger partial charge in [0.05, 0.1) is 36.6 Å². The summed E-state index contributed by atoms with van der Waals surface area (Å²) in [5, 5.41) is 6.77. The van der Waals surface area contributed by atoms with Crippen LogP contribution in [-0.4, -0.2) is 42.4 Å². The highest BCUT2D eigenvalue weighted by Crippen LogP contribution is 2.28. The Hall–Kier alpha value is -2.15. The molecule has 1 fully saturated rings. The second-order valence-corrected chi connectivity index (χ2v) is 5.66. The standard InChI is InChI=1S/C17H19ClN4O2/c1-2-19-17-8-13(14(18)10-21-17)15-4-3-5-16(22-15)20-9-12-11-23-6-7-24-12/h2-5,8,10,12H,1,6-7,9,11H2,(H,19,21)(H,20,22). The van der Waals surface area contributed by atoms with Crippen LogP contribution in [0.4, 0.5) is 11.6 Å². The minimum atomic E-state index is 0.0390. The molecule has 0 bridgehead atoms. The van der Waals surface area contributed by atoms with E-state index in [9.17, 15) is 0 Å². The van der Waals surface area contributed by atoms with Crippen molar-refractivity contribution in [1.82, 2.24) is 9.97 Å². The van der Waals surface area contributed by atoms with Gasteiger partial charge in [0, 0.05) is 18.3 Å². The zero-order chi connectivity index (χ0) is 16.8. The first-order chi connectivity index (χ1) is 11.8. The first-order valence-electron chi connectivity index (χ1n) is 7.70. The van der Waals surface area contributed by atoms with Crippen LogP contribution in [0, 0.1) is 0 Å². The van der Waals surface area contributed by atoms with Crippen molar-refractivity contribution in [3.05, 3.63) is 48.3 Å². The Morgan fingerprint density at radius 3 is 3.04 bits per heavy atom. The van der Waals surface area contributed by atoms with Crippen LogP contribution in [-0.2, 0) is 9.47 Å². The summed E-state index contributed by atoms with van der Waals surface area (Å²) in [6.07, 6.45) is 3.20. The van der Waals surface area contributed by atoms with Crippen molar-refractivity contribution in [2.24, 2.45) is 0 Å². The largest absolute Gasteiger partial charge is 0.376 e. The van der Waals surface area contributed by atoms with Crippen LogP contribution < -0.4 is 10.6 Å². The molecule has 7 heteroatoms. The van der Waals surface area contributed by atoms with Crippen molar-refractivity contribution in [1.29, 1.82) is 0 Å². The predicted octanol–water partition coefficient (Wildman–Crippen LogP) is 3.18. The third-order valence-corrected chi connectivity index (χ3v) is 3.83. The first kappa shape index (κ1) is 16.7. The highest BCUT2D eigenvalue weighted by molar-refractivity contribution is 6.33. The maximum absolute atomic E-state index is 6.27. The van der Waals surface area contributed by atoms with Gasteiger partial charge in [-0.05, 0) is 24.4 Å². The van der Waals surface area contributed by atoms with Crippen LogP contribution >= 0.6 is 11.6 Å². The molecule has 1 aliphatic heterocycles. The lowest BCUT2D eigenvalue weighted by molar-refractivity contribution is -0.0819. The number of aromatic nitrogens is 2. The van der Waals surface area contributed by atoms with E-state index in [4.69, 9.17) is 21.1 Å². The Morgan fingerprint density at radius 1 is 1.33 bits per heavy atom. The molecule has 2 aromatic heterocycles. The van der Waals surface area contributed by atoms with Crippen molar-refractivity contribution in [3.8, 4) is 11.3 Å². The van der Waals surface area contributed by atoms with Gasteiger partial charge in [-0.25, -0.2) is 9.97 Å². The van der Waals surface area contributed by atoms with Gasteiger partial charge in [-0.2, -0.15) is 0 Å². The maximum atomic E-state index is 6.27. The second kappa shape index (κ2) is 8.10. The molecule has 24 heavy (non-hydrogen) atoms. The molecule has 3 rings (SSSR count). The molecule has 2 N–H and O–H groups in total. The summed E-state index contributed by atoms with van der Waals surface area (Å²) < 4.78 is 11.0. The Bertz CT molecular complexity index is 705. The number of hydrogen-bond donors (Lipinski definition) is 2. The average molecular weight is 347 g/mol. The normalized spacial score (nSPS) is 17.3. The lowest BCUT2D eigenvalue weighted by Gasteiger charge is -2.23. The van der Waals surface area contributed by atoms with Gasteiger partial charge in [-0.15, -0.1) is 0 Å². The topological polar surface area (TPSA) is 68.3 Å². The minimum absolute atomic E-state index is 0.0390. The molecule has 0 amide bonds. The van der Waals surface area contributed by atoms with Gasteiger partial charge in [-0.1, -0.05) is 24.2 Å². The van der Waals surface area contributed by atoms with E-state index < -0.39 is 0 Å². The Balaban J connectivity index is 1.74. The molecule has 1 atom stereocenters. The van der Waals surface area contributed by atoms with Gasteiger partial charge in [0.25, 0.3) is 0 Å². The molecule has 0 spiro atoms. The Kier molecular flexibility index (Phi) is 5.63. The number of rotatable bonds is 6. The van der Waals surface area contributed by atoms with E-state index in [-0.39, 0.29) is 6.10 Å². The van der Waals surface area contributed by atoms with Crippen LogP contribution in [0.25, 0.3) is 11.3 Å². The number of ether oxygens (including phenoxy) is 2. The molecule has 3 heterocycles. The fraction of sp³-hybridized carbons (Fsp3) is 0.294.